The molecule has 32 heavy (non-hydrogen) atoms. The Hall–Kier alpha value is -3.67. The van der Waals surface area contributed by atoms with Crippen LogP contribution in [0.2, 0.25) is 0 Å². The third-order valence-corrected chi connectivity index (χ3v) is 5.30. The van der Waals surface area contributed by atoms with Crippen molar-refractivity contribution >= 4 is 27.3 Å². The van der Waals surface area contributed by atoms with Gasteiger partial charge in [0.15, 0.2) is 6.61 Å². The molecular formula is C20H15F4N3O4S. The number of anilines is 2. The van der Waals surface area contributed by atoms with Crippen LogP contribution in [-0.2, 0) is 10.0 Å². The first-order chi connectivity index (χ1) is 15.0. The molecule has 0 aliphatic heterocycles. The number of alkyl halides is 3. The summed E-state index contributed by atoms with van der Waals surface area (Å²) in [5.74, 6) is -1.36. The van der Waals surface area contributed by atoms with Gasteiger partial charge in [-0.3, -0.25) is 9.52 Å². The summed E-state index contributed by atoms with van der Waals surface area (Å²) in [4.78, 5) is 15.9. The molecule has 1 amide bonds. The molecule has 3 aromatic rings. The van der Waals surface area contributed by atoms with E-state index in [9.17, 15) is 30.8 Å². The van der Waals surface area contributed by atoms with Gasteiger partial charge in [-0.2, -0.15) is 13.2 Å². The van der Waals surface area contributed by atoms with Crippen molar-refractivity contribution in [1.29, 1.82) is 0 Å². The number of rotatable bonds is 7. The summed E-state index contributed by atoms with van der Waals surface area (Å²) in [6, 6.07) is 12.2. The Morgan fingerprint density at radius 2 is 1.56 bits per heavy atom. The van der Waals surface area contributed by atoms with E-state index in [-0.39, 0.29) is 27.7 Å². The second-order valence-electron chi connectivity index (χ2n) is 6.38. The molecule has 0 saturated heterocycles. The normalized spacial score (nSPS) is 11.6. The highest BCUT2D eigenvalue weighted by Gasteiger charge is 2.28. The number of sulfonamides is 1. The zero-order valence-corrected chi connectivity index (χ0v) is 16.9. The van der Waals surface area contributed by atoms with E-state index in [1.165, 1.54) is 42.5 Å². The molecule has 0 aliphatic rings. The van der Waals surface area contributed by atoms with E-state index in [0.717, 1.165) is 24.4 Å². The Morgan fingerprint density at radius 3 is 2.12 bits per heavy atom. The van der Waals surface area contributed by atoms with Gasteiger partial charge in [0.25, 0.3) is 15.9 Å². The van der Waals surface area contributed by atoms with Gasteiger partial charge in [-0.25, -0.2) is 17.8 Å². The molecule has 0 unspecified atom stereocenters. The van der Waals surface area contributed by atoms with E-state index in [1.54, 1.807) is 0 Å². The molecule has 1 heterocycles. The first-order valence-electron chi connectivity index (χ1n) is 8.87. The number of ether oxygens (including phenoxy) is 1. The number of carbonyl (C=O) groups is 1. The lowest BCUT2D eigenvalue weighted by molar-refractivity contribution is -0.154. The largest absolute Gasteiger partial charge is 0.468 e. The lowest BCUT2D eigenvalue weighted by atomic mass is 10.2. The smallest absolute Gasteiger partial charge is 0.422 e. The maximum Gasteiger partial charge on any atom is 0.422 e. The molecule has 0 spiro atoms. The molecule has 168 valence electrons. The number of halogens is 4. The third kappa shape index (κ3) is 6.41. The van der Waals surface area contributed by atoms with E-state index in [4.69, 9.17) is 0 Å². The van der Waals surface area contributed by atoms with Gasteiger partial charge in [-0.05, 0) is 54.6 Å². The van der Waals surface area contributed by atoms with E-state index < -0.39 is 34.5 Å². The summed E-state index contributed by atoms with van der Waals surface area (Å²) in [6.07, 6.45) is -3.38. The number of carbonyl (C=O) groups excluding carboxylic acids is 1. The molecule has 0 fully saturated rings. The molecule has 1 aromatic heterocycles. The minimum Gasteiger partial charge on any atom is -0.468 e. The average Bonchev–Trinajstić information content (AvgIpc) is 2.74. The Balaban J connectivity index is 1.62. The number of amides is 1. The van der Waals surface area contributed by atoms with Crippen LogP contribution in [-0.4, -0.2) is 32.1 Å². The summed E-state index contributed by atoms with van der Waals surface area (Å²) in [5, 5.41) is 2.48. The second kappa shape index (κ2) is 9.22. The number of hydrogen-bond donors (Lipinski definition) is 2. The summed E-state index contributed by atoms with van der Waals surface area (Å²) in [6.45, 7) is -1.49. The Bertz CT molecular complexity index is 1180. The SMILES string of the molecule is O=C(Nc1ccc(OCC(F)(F)F)nc1)c1ccc(S(=O)(=O)Nc2ccc(F)cc2)cc1. The maximum atomic E-state index is 12.9. The van der Waals surface area contributed by atoms with Gasteiger partial charge in [-0.1, -0.05) is 0 Å². The van der Waals surface area contributed by atoms with Crippen LogP contribution in [0.15, 0.2) is 71.8 Å². The standard InChI is InChI=1S/C20H15F4N3O4S/c21-14-3-5-15(6-4-14)27-32(29,30)17-8-1-13(2-9-17)19(28)26-16-7-10-18(25-11-16)31-12-20(22,23)24/h1-11,27H,12H2,(H,26,28). The lowest BCUT2D eigenvalue weighted by Crippen LogP contribution is -2.19. The van der Waals surface area contributed by atoms with Crippen molar-refractivity contribution in [2.24, 2.45) is 0 Å². The minimum atomic E-state index is -4.50. The maximum absolute atomic E-state index is 12.9. The van der Waals surface area contributed by atoms with Gasteiger partial charge in [0.1, 0.15) is 5.82 Å². The number of nitrogens with zero attached hydrogens (tertiary/aromatic N) is 1. The van der Waals surface area contributed by atoms with Crippen molar-refractivity contribution in [3.05, 3.63) is 78.2 Å². The lowest BCUT2D eigenvalue weighted by Gasteiger charge is -2.10. The second-order valence-corrected chi connectivity index (χ2v) is 8.06. The summed E-state index contributed by atoms with van der Waals surface area (Å²) < 4.78 is 81.0. The molecule has 2 aromatic carbocycles. The van der Waals surface area contributed by atoms with Gasteiger partial charge in [-0.15, -0.1) is 0 Å². The predicted molar refractivity (Wildman–Crippen MR) is 107 cm³/mol. The molecule has 12 heteroatoms. The molecule has 3 rings (SSSR count). The van der Waals surface area contributed by atoms with Crippen LogP contribution in [0.25, 0.3) is 0 Å². The Morgan fingerprint density at radius 1 is 0.938 bits per heavy atom. The first-order valence-corrected chi connectivity index (χ1v) is 10.4. The number of hydrogen-bond acceptors (Lipinski definition) is 5. The van der Waals surface area contributed by atoms with Crippen LogP contribution in [0.5, 0.6) is 5.88 Å². The fraction of sp³-hybridized carbons (Fsp3) is 0.100. The quantitative estimate of drug-likeness (QED) is 0.505. The van der Waals surface area contributed by atoms with Crippen molar-refractivity contribution in [3.8, 4) is 5.88 Å². The average molecular weight is 469 g/mol. The van der Waals surface area contributed by atoms with Gasteiger partial charge in [0, 0.05) is 17.3 Å². The fourth-order valence-electron chi connectivity index (χ4n) is 2.42. The van der Waals surface area contributed by atoms with Gasteiger partial charge in [0.2, 0.25) is 5.88 Å². The van der Waals surface area contributed by atoms with Crippen LogP contribution in [0, 0.1) is 5.82 Å². The Kier molecular flexibility index (Phi) is 6.63. The van der Waals surface area contributed by atoms with E-state index in [0.29, 0.717) is 0 Å². The molecular weight excluding hydrogens is 454 g/mol. The highest BCUT2D eigenvalue weighted by Crippen LogP contribution is 2.20. The van der Waals surface area contributed by atoms with Crippen molar-refractivity contribution < 1.29 is 35.5 Å². The van der Waals surface area contributed by atoms with E-state index >= 15 is 0 Å². The fourth-order valence-corrected chi connectivity index (χ4v) is 3.47. The van der Waals surface area contributed by atoms with Crippen LogP contribution >= 0.6 is 0 Å². The Labute approximate surface area is 180 Å². The number of aromatic nitrogens is 1. The molecule has 2 N–H and O–H groups in total. The number of pyridine rings is 1. The van der Waals surface area contributed by atoms with Crippen LogP contribution in [0.4, 0.5) is 28.9 Å². The van der Waals surface area contributed by atoms with E-state index in [2.05, 4.69) is 19.8 Å². The zero-order valence-electron chi connectivity index (χ0n) is 16.1. The zero-order chi connectivity index (χ0) is 23.4. The molecule has 0 aliphatic carbocycles. The number of benzene rings is 2. The summed E-state index contributed by atoms with van der Waals surface area (Å²) in [5.41, 5.74) is 0.496. The van der Waals surface area contributed by atoms with E-state index in [1.807, 2.05) is 0 Å². The topological polar surface area (TPSA) is 97.4 Å². The molecule has 0 bridgehead atoms. The number of nitrogens with one attached hydrogen (secondary N) is 2. The molecule has 0 atom stereocenters. The van der Waals surface area contributed by atoms with Crippen LogP contribution < -0.4 is 14.8 Å². The van der Waals surface area contributed by atoms with Crippen molar-refractivity contribution in [3.63, 3.8) is 0 Å². The highest BCUT2D eigenvalue weighted by atomic mass is 32.2. The minimum absolute atomic E-state index is 0.119. The highest BCUT2D eigenvalue weighted by molar-refractivity contribution is 7.92. The molecule has 0 radical (unpaired) electrons. The first kappa shape index (κ1) is 23.0. The molecule has 7 nitrogen and oxygen atoms in total. The molecule has 0 saturated carbocycles. The summed E-state index contributed by atoms with van der Waals surface area (Å²) in [7, 11) is -3.96. The third-order valence-electron chi connectivity index (χ3n) is 3.90. The predicted octanol–water partition coefficient (Wildman–Crippen LogP) is 4.21. The monoisotopic (exact) mass is 469 g/mol. The van der Waals surface area contributed by atoms with Crippen LogP contribution in [0.3, 0.4) is 0 Å². The van der Waals surface area contributed by atoms with Crippen LogP contribution in [0.1, 0.15) is 10.4 Å². The van der Waals surface area contributed by atoms with Crippen molar-refractivity contribution in [2.75, 3.05) is 16.6 Å². The van der Waals surface area contributed by atoms with Gasteiger partial charge >= 0.3 is 6.18 Å². The van der Waals surface area contributed by atoms with Crippen molar-refractivity contribution in [2.45, 2.75) is 11.1 Å². The summed E-state index contributed by atoms with van der Waals surface area (Å²) >= 11 is 0. The van der Waals surface area contributed by atoms with Gasteiger partial charge < -0.3 is 10.1 Å². The van der Waals surface area contributed by atoms with Gasteiger partial charge in [0.05, 0.1) is 16.8 Å². The van der Waals surface area contributed by atoms with Crippen molar-refractivity contribution in [1.82, 2.24) is 4.98 Å².